The SMILES string of the molecule is N#Cc1cnc(-c2ccc(Cl)cc2)s1. The Labute approximate surface area is 90.4 Å². The maximum absolute atomic E-state index is 8.64. The summed E-state index contributed by atoms with van der Waals surface area (Å²) in [6.45, 7) is 0. The number of nitriles is 1. The van der Waals surface area contributed by atoms with Crippen LogP contribution in [0, 0.1) is 11.3 Å². The summed E-state index contributed by atoms with van der Waals surface area (Å²) >= 11 is 7.14. The van der Waals surface area contributed by atoms with E-state index in [1.807, 2.05) is 24.3 Å². The van der Waals surface area contributed by atoms with Crippen LogP contribution in [0.2, 0.25) is 5.02 Å². The van der Waals surface area contributed by atoms with Crippen LogP contribution in [0.4, 0.5) is 0 Å². The molecular formula is C10H5ClN2S. The van der Waals surface area contributed by atoms with Gasteiger partial charge in [-0.25, -0.2) is 4.98 Å². The van der Waals surface area contributed by atoms with Crippen molar-refractivity contribution in [1.82, 2.24) is 4.98 Å². The number of thiazole rings is 1. The van der Waals surface area contributed by atoms with Gasteiger partial charge in [0, 0.05) is 10.6 Å². The van der Waals surface area contributed by atoms with Gasteiger partial charge in [0.1, 0.15) is 16.0 Å². The molecule has 0 saturated carbocycles. The maximum atomic E-state index is 8.64. The first kappa shape index (κ1) is 9.20. The molecule has 2 rings (SSSR count). The van der Waals surface area contributed by atoms with Gasteiger partial charge in [-0.3, -0.25) is 0 Å². The summed E-state index contributed by atoms with van der Waals surface area (Å²) in [7, 11) is 0. The van der Waals surface area contributed by atoms with Gasteiger partial charge in [0.25, 0.3) is 0 Å². The fourth-order valence-electron chi connectivity index (χ4n) is 1.05. The minimum atomic E-state index is 0.620. The molecule has 4 heteroatoms. The lowest BCUT2D eigenvalue weighted by Crippen LogP contribution is -1.73. The molecule has 0 saturated heterocycles. The van der Waals surface area contributed by atoms with Gasteiger partial charge in [-0.15, -0.1) is 11.3 Å². The van der Waals surface area contributed by atoms with Crippen molar-refractivity contribution in [3.8, 4) is 16.6 Å². The van der Waals surface area contributed by atoms with Crippen molar-refractivity contribution in [1.29, 1.82) is 5.26 Å². The number of benzene rings is 1. The van der Waals surface area contributed by atoms with E-state index in [0.29, 0.717) is 9.90 Å². The zero-order chi connectivity index (χ0) is 9.97. The Kier molecular flexibility index (Phi) is 2.49. The lowest BCUT2D eigenvalue weighted by atomic mass is 10.2. The number of halogens is 1. The van der Waals surface area contributed by atoms with E-state index in [9.17, 15) is 0 Å². The molecule has 0 amide bonds. The van der Waals surface area contributed by atoms with Crippen molar-refractivity contribution in [2.75, 3.05) is 0 Å². The highest BCUT2D eigenvalue weighted by Crippen LogP contribution is 2.25. The Morgan fingerprint density at radius 1 is 1.29 bits per heavy atom. The van der Waals surface area contributed by atoms with E-state index in [-0.39, 0.29) is 0 Å². The molecular weight excluding hydrogens is 216 g/mol. The zero-order valence-electron chi connectivity index (χ0n) is 7.07. The summed E-state index contributed by atoms with van der Waals surface area (Å²) in [6.07, 6.45) is 1.58. The first-order valence-electron chi connectivity index (χ1n) is 3.91. The summed E-state index contributed by atoms with van der Waals surface area (Å²) in [4.78, 5) is 4.76. The van der Waals surface area contributed by atoms with E-state index in [0.717, 1.165) is 10.6 Å². The molecule has 2 aromatic rings. The Balaban J connectivity index is 2.40. The molecule has 0 spiro atoms. The van der Waals surface area contributed by atoms with E-state index in [1.54, 1.807) is 6.20 Å². The average molecular weight is 221 g/mol. The largest absolute Gasteiger partial charge is 0.243 e. The predicted molar refractivity (Wildman–Crippen MR) is 57.3 cm³/mol. The third-order valence-corrected chi connectivity index (χ3v) is 2.91. The molecule has 1 aromatic heterocycles. The number of rotatable bonds is 1. The zero-order valence-corrected chi connectivity index (χ0v) is 8.64. The Morgan fingerprint density at radius 3 is 2.57 bits per heavy atom. The topological polar surface area (TPSA) is 36.7 Å². The summed E-state index contributed by atoms with van der Waals surface area (Å²) in [6, 6.07) is 9.46. The number of hydrogen-bond acceptors (Lipinski definition) is 3. The van der Waals surface area contributed by atoms with Crippen molar-refractivity contribution >= 4 is 22.9 Å². The smallest absolute Gasteiger partial charge is 0.125 e. The van der Waals surface area contributed by atoms with Crippen molar-refractivity contribution in [2.45, 2.75) is 0 Å². The van der Waals surface area contributed by atoms with Crippen LogP contribution >= 0.6 is 22.9 Å². The molecule has 0 bridgehead atoms. The average Bonchev–Trinajstić information content (AvgIpc) is 2.67. The van der Waals surface area contributed by atoms with Crippen molar-refractivity contribution in [3.63, 3.8) is 0 Å². The summed E-state index contributed by atoms with van der Waals surface area (Å²) in [5, 5.41) is 10.2. The van der Waals surface area contributed by atoms with Crippen molar-refractivity contribution in [3.05, 3.63) is 40.4 Å². The molecule has 0 aliphatic rings. The van der Waals surface area contributed by atoms with Crippen LogP contribution in [0.25, 0.3) is 10.6 Å². The number of hydrogen-bond donors (Lipinski definition) is 0. The van der Waals surface area contributed by atoms with Gasteiger partial charge in [0.15, 0.2) is 0 Å². The summed E-state index contributed by atoms with van der Waals surface area (Å²) in [5.41, 5.74) is 0.987. The lowest BCUT2D eigenvalue weighted by molar-refractivity contribution is 1.40. The molecule has 0 fully saturated rings. The molecule has 68 valence electrons. The second-order valence-electron chi connectivity index (χ2n) is 2.65. The van der Waals surface area contributed by atoms with Crippen LogP contribution in [0.3, 0.4) is 0 Å². The first-order valence-corrected chi connectivity index (χ1v) is 5.11. The highest BCUT2D eigenvalue weighted by Gasteiger charge is 2.03. The standard InChI is InChI=1S/C10H5ClN2S/c11-8-3-1-7(2-4-8)10-13-6-9(5-12)14-10/h1-4,6H. The highest BCUT2D eigenvalue weighted by molar-refractivity contribution is 7.15. The van der Waals surface area contributed by atoms with E-state index in [1.165, 1.54) is 11.3 Å². The molecule has 2 nitrogen and oxygen atoms in total. The Hall–Kier alpha value is -1.37. The van der Waals surface area contributed by atoms with E-state index >= 15 is 0 Å². The molecule has 14 heavy (non-hydrogen) atoms. The van der Waals surface area contributed by atoms with Crippen LogP contribution in [0.1, 0.15) is 4.88 Å². The first-order chi connectivity index (χ1) is 6.79. The van der Waals surface area contributed by atoms with Gasteiger partial charge in [0.05, 0.1) is 6.20 Å². The molecule has 0 N–H and O–H groups in total. The van der Waals surface area contributed by atoms with Gasteiger partial charge in [-0.05, 0) is 12.1 Å². The van der Waals surface area contributed by atoms with Crippen molar-refractivity contribution < 1.29 is 0 Å². The van der Waals surface area contributed by atoms with E-state index < -0.39 is 0 Å². The second kappa shape index (κ2) is 3.79. The third kappa shape index (κ3) is 1.77. The molecule has 0 radical (unpaired) electrons. The minimum absolute atomic E-state index is 0.620. The Morgan fingerprint density at radius 2 is 2.00 bits per heavy atom. The van der Waals surface area contributed by atoms with Crippen LogP contribution in [-0.4, -0.2) is 4.98 Å². The van der Waals surface area contributed by atoms with Gasteiger partial charge >= 0.3 is 0 Å². The highest BCUT2D eigenvalue weighted by atomic mass is 35.5. The minimum Gasteiger partial charge on any atom is -0.243 e. The summed E-state index contributed by atoms with van der Waals surface area (Å²) < 4.78 is 0. The quantitative estimate of drug-likeness (QED) is 0.739. The molecule has 0 atom stereocenters. The Bertz CT molecular complexity index is 482. The van der Waals surface area contributed by atoms with Crippen LogP contribution in [0.5, 0.6) is 0 Å². The van der Waals surface area contributed by atoms with E-state index in [2.05, 4.69) is 11.1 Å². The van der Waals surface area contributed by atoms with E-state index in [4.69, 9.17) is 16.9 Å². The van der Waals surface area contributed by atoms with Crippen LogP contribution in [0.15, 0.2) is 30.5 Å². The molecule has 1 aromatic carbocycles. The van der Waals surface area contributed by atoms with Crippen LogP contribution in [-0.2, 0) is 0 Å². The monoisotopic (exact) mass is 220 g/mol. The fourth-order valence-corrected chi connectivity index (χ4v) is 1.90. The van der Waals surface area contributed by atoms with Crippen molar-refractivity contribution in [2.24, 2.45) is 0 Å². The fraction of sp³-hybridized carbons (Fsp3) is 0. The third-order valence-electron chi connectivity index (χ3n) is 1.71. The predicted octanol–water partition coefficient (Wildman–Crippen LogP) is 3.34. The molecule has 0 unspecified atom stereocenters. The van der Waals surface area contributed by atoms with Crippen LogP contribution < -0.4 is 0 Å². The van der Waals surface area contributed by atoms with Gasteiger partial charge < -0.3 is 0 Å². The number of aromatic nitrogens is 1. The normalized spacial score (nSPS) is 9.71. The van der Waals surface area contributed by atoms with Gasteiger partial charge in [-0.2, -0.15) is 5.26 Å². The molecule has 0 aliphatic carbocycles. The lowest BCUT2D eigenvalue weighted by Gasteiger charge is -1.94. The summed E-state index contributed by atoms with van der Waals surface area (Å²) in [5.74, 6) is 0. The number of nitrogens with zero attached hydrogens (tertiary/aromatic N) is 2. The maximum Gasteiger partial charge on any atom is 0.125 e. The van der Waals surface area contributed by atoms with Gasteiger partial charge in [0.2, 0.25) is 0 Å². The molecule has 1 heterocycles. The second-order valence-corrected chi connectivity index (χ2v) is 4.12. The van der Waals surface area contributed by atoms with Gasteiger partial charge in [-0.1, -0.05) is 23.7 Å². The molecule has 0 aliphatic heterocycles.